The van der Waals surface area contributed by atoms with Crippen LogP contribution in [-0.2, 0) is 0 Å². The summed E-state index contributed by atoms with van der Waals surface area (Å²) in [5.74, 6) is -0.366. The van der Waals surface area contributed by atoms with Crippen molar-refractivity contribution in [2.75, 3.05) is 0 Å². The molecule has 0 saturated carbocycles. The lowest BCUT2D eigenvalue weighted by atomic mass is 10.2. The molecule has 7 heteroatoms. The Labute approximate surface area is 129 Å². The van der Waals surface area contributed by atoms with Crippen LogP contribution in [0.25, 0.3) is 11.4 Å². The van der Waals surface area contributed by atoms with Gasteiger partial charge in [-0.3, -0.25) is 0 Å². The van der Waals surface area contributed by atoms with Crippen molar-refractivity contribution in [2.24, 2.45) is 5.10 Å². The molecule has 1 aromatic heterocycles. The van der Waals surface area contributed by atoms with Gasteiger partial charge in [0.2, 0.25) is 4.77 Å². The Bertz CT molecular complexity index is 898. The van der Waals surface area contributed by atoms with Crippen molar-refractivity contribution in [1.29, 1.82) is 0 Å². The Balaban J connectivity index is 2.01. The van der Waals surface area contributed by atoms with E-state index in [2.05, 4.69) is 15.3 Å². The van der Waals surface area contributed by atoms with E-state index in [9.17, 15) is 8.78 Å². The van der Waals surface area contributed by atoms with E-state index < -0.39 is 0 Å². The van der Waals surface area contributed by atoms with Crippen molar-refractivity contribution in [2.45, 2.75) is 0 Å². The maximum Gasteiger partial charge on any atom is 0.216 e. The van der Waals surface area contributed by atoms with Crippen LogP contribution in [0.15, 0.2) is 53.6 Å². The minimum Gasteiger partial charge on any atom is -0.250 e. The van der Waals surface area contributed by atoms with Crippen molar-refractivity contribution in [3.05, 3.63) is 70.5 Å². The van der Waals surface area contributed by atoms with Gasteiger partial charge in [-0.15, -0.1) is 0 Å². The molecule has 0 unspecified atom stereocenters. The number of halogens is 2. The Morgan fingerprint density at radius 2 is 1.82 bits per heavy atom. The van der Waals surface area contributed by atoms with Gasteiger partial charge in [-0.05, 0) is 42.0 Å². The fraction of sp³-hybridized carbons (Fsp3) is 0. The molecule has 0 aliphatic rings. The predicted octanol–water partition coefficient (Wildman–Crippen LogP) is 3.77. The number of hydrogen-bond acceptors (Lipinski definition) is 3. The van der Waals surface area contributed by atoms with E-state index >= 15 is 0 Å². The molecule has 1 N–H and O–H groups in total. The highest BCUT2D eigenvalue weighted by Crippen LogP contribution is 2.18. The lowest BCUT2D eigenvalue weighted by molar-refractivity contribution is 0.627. The third kappa shape index (κ3) is 2.99. The summed E-state index contributed by atoms with van der Waals surface area (Å²) in [5.41, 5.74) is 1.11. The third-order valence-corrected chi connectivity index (χ3v) is 3.17. The van der Waals surface area contributed by atoms with Crippen molar-refractivity contribution in [3.8, 4) is 11.4 Å². The second-order valence-corrected chi connectivity index (χ2v) is 4.86. The van der Waals surface area contributed by atoms with Gasteiger partial charge in [0.1, 0.15) is 11.6 Å². The number of aromatic nitrogens is 3. The number of rotatable bonds is 3. The van der Waals surface area contributed by atoms with Crippen LogP contribution in [0.1, 0.15) is 5.56 Å². The van der Waals surface area contributed by atoms with Gasteiger partial charge in [0.05, 0.1) is 6.21 Å². The van der Waals surface area contributed by atoms with Gasteiger partial charge in [0, 0.05) is 5.56 Å². The smallest absolute Gasteiger partial charge is 0.216 e. The molecular formula is C15H10F2N4S. The second-order valence-electron chi connectivity index (χ2n) is 4.47. The summed E-state index contributed by atoms with van der Waals surface area (Å²) in [6.07, 6.45) is 1.46. The SMILES string of the molecule is Fc1cccc(/C=N\n2c(-c3cccc(F)c3)n[nH]c2=S)c1. The van der Waals surface area contributed by atoms with Crippen molar-refractivity contribution < 1.29 is 8.78 Å². The summed E-state index contributed by atoms with van der Waals surface area (Å²) in [6.45, 7) is 0. The summed E-state index contributed by atoms with van der Waals surface area (Å²) in [7, 11) is 0. The lowest BCUT2D eigenvalue weighted by Crippen LogP contribution is -1.95. The zero-order valence-corrected chi connectivity index (χ0v) is 12.0. The summed E-state index contributed by atoms with van der Waals surface area (Å²) >= 11 is 5.11. The first kappa shape index (κ1) is 14.3. The molecule has 110 valence electrons. The fourth-order valence-corrected chi connectivity index (χ4v) is 2.10. The summed E-state index contributed by atoms with van der Waals surface area (Å²) < 4.78 is 28.1. The molecule has 0 bridgehead atoms. The zero-order valence-electron chi connectivity index (χ0n) is 11.2. The van der Waals surface area contributed by atoms with E-state index in [0.717, 1.165) is 0 Å². The van der Waals surface area contributed by atoms with Gasteiger partial charge in [-0.1, -0.05) is 24.3 Å². The number of hydrogen-bond donors (Lipinski definition) is 1. The number of nitrogens with one attached hydrogen (secondary N) is 1. The van der Waals surface area contributed by atoms with Crippen LogP contribution in [0, 0.1) is 16.4 Å². The number of benzene rings is 2. The van der Waals surface area contributed by atoms with E-state index in [-0.39, 0.29) is 16.4 Å². The van der Waals surface area contributed by atoms with E-state index in [4.69, 9.17) is 12.2 Å². The van der Waals surface area contributed by atoms with Crippen molar-refractivity contribution >= 4 is 18.4 Å². The Morgan fingerprint density at radius 3 is 2.55 bits per heavy atom. The molecule has 0 aliphatic carbocycles. The van der Waals surface area contributed by atoms with Crippen LogP contribution in [0.5, 0.6) is 0 Å². The molecule has 0 spiro atoms. The molecule has 0 aliphatic heterocycles. The van der Waals surface area contributed by atoms with Gasteiger partial charge in [-0.2, -0.15) is 14.9 Å². The third-order valence-electron chi connectivity index (χ3n) is 2.90. The first-order valence-electron chi connectivity index (χ1n) is 6.37. The molecule has 0 saturated heterocycles. The Hall–Kier alpha value is -2.67. The predicted molar refractivity (Wildman–Crippen MR) is 82.2 cm³/mol. The summed E-state index contributed by atoms with van der Waals surface area (Å²) in [6, 6.07) is 11.9. The molecular weight excluding hydrogens is 306 g/mol. The normalized spacial score (nSPS) is 11.2. The Kier molecular flexibility index (Phi) is 3.88. The Morgan fingerprint density at radius 1 is 1.09 bits per heavy atom. The lowest BCUT2D eigenvalue weighted by Gasteiger charge is -2.01. The molecule has 4 nitrogen and oxygen atoms in total. The van der Waals surface area contributed by atoms with E-state index in [1.54, 1.807) is 24.3 Å². The first-order valence-corrected chi connectivity index (χ1v) is 6.77. The van der Waals surface area contributed by atoms with Gasteiger partial charge in [0.25, 0.3) is 0 Å². The van der Waals surface area contributed by atoms with Crippen LogP contribution in [0.2, 0.25) is 0 Å². The van der Waals surface area contributed by atoms with Gasteiger partial charge in [0.15, 0.2) is 5.82 Å². The van der Waals surface area contributed by atoms with Crippen LogP contribution >= 0.6 is 12.2 Å². The van der Waals surface area contributed by atoms with Gasteiger partial charge >= 0.3 is 0 Å². The molecule has 3 rings (SSSR count). The average Bonchev–Trinajstić information content (AvgIpc) is 2.86. The molecule has 1 heterocycles. The highest BCUT2D eigenvalue weighted by Gasteiger charge is 2.08. The largest absolute Gasteiger partial charge is 0.250 e. The minimum atomic E-state index is -0.382. The van der Waals surface area contributed by atoms with E-state index in [1.807, 2.05) is 0 Å². The van der Waals surface area contributed by atoms with Crippen LogP contribution < -0.4 is 0 Å². The second kappa shape index (κ2) is 5.98. The monoisotopic (exact) mass is 316 g/mol. The molecule has 0 atom stereocenters. The summed E-state index contributed by atoms with van der Waals surface area (Å²) in [5, 5.41) is 10.8. The number of nitrogens with zero attached hydrogens (tertiary/aromatic N) is 3. The topological polar surface area (TPSA) is 46.0 Å². The maximum absolute atomic E-state index is 13.3. The average molecular weight is 316 g/mol. The molecule has 0 radical (unpaired) electrons. The maximum atomic E-state index is 13.3. The van der Waals surface area contributed by atoms with Gasteiger partial charge in [-0.25, -0.2) is 13.9 Å². The standard InChI is InChI=1S/C15H10F2N4S/c16-12-5-1-3-10(7-12)9-18-21-14(19-20-15(21)22)11-4-2-6-13(17)8-11/h1-9H,(H,20,22)/b18-9-. The summed E-state index contributed by atoms with van der Waals surface area (Å²) in [4.78, 5) is 0. The van der Waals surface area contributed by atoms with Crippen molar-refractivity contribution in [3.63, 3.8) is 0 Å². The van der Waals surface area contributed by atoms with Crippen LogP contribution in [0.4, 0.5) is 8.78 Å². The minimum absolute atomic E-state index is 0.256. The number of aromatic amines is 1. The highest BCUT2D eigenvalue weighted by atomic mass is 32.1. The molecule has 22 heavy (non-hydrogen) atoms. The fourth-order valence-electron chi connectivity index (χ4n) is 1.92. The zero-order chi connectivity index (χ0) is 15.5. The van der Waals surface area contributed by atoms with Crippen LogP contribution in [-0.4, -0.2) is 21.1 Å². The van der Waals surface area contributed by atoms with E-state index in [1.165, 1.54) is 35.2 Å². The molecule has 0 fully saturated rings. The quantitative estimate of drug-likeness (QED) is 0.590. The highest BCUT2D eigenvalue weighted by molar-refractivity contribution is 7.71. The number of H-pyrrole nitrogens is 1. The first-order chi connectivity index (χ1) is 10.6. The van der Waals surface area contributed by atoms with E-state index in [0.29, 0.717) is 17.0 Å². The molecule has 0 amide bonds. The molecule has 3 aromatic rings. The molecule has 2 aromatic carbocycles. The van der Waals surface area contributed by atoms with Crippen molar-refractivity contribution in [1.82, 2.24) is 14.9 Å². The van der Waals surface area contributed by atoms with Crippen LogP contribution in [0.3, 0.4) is 0 Å². The van der Waals surface area contributed by atoms with Gasteiger partial charge < -0.3 is 0 Å².